The highest BCUT2D eigenvalue weighted by atomic mass is 19.2. The number of hydrogen-bond donors (Lipinski definition) is 0. The van der Waals surface area contributed by atoms with E-state index in [9.17, 15) is 13.6 Å². The van der Waals surface area contributed by atoms with Crippen molar-refractivity contribution in [1.29, 1.82) is 0 Å². The van der Waals surface area contributed by atoms with Gasteiger partial charge in [0, 0.05) is 11.5 Å². The Morgan fingerprint density at radius 1 is 1.32 bits per heavy atom. The van der Waals surface area contributed by atoms with Gasteiger partial charge < -0.3 is 14.2 Å². The summed E-state index contributed by atoms with van der Waals surface area (Å²) in [5.74, 6) is -3.28. The number of esters is 1. The third-order valence-corrected chi connectivity index (χ3v) is 4.16. The molecule has 0 saturated carbocycles. The van der Waals surface area contributed by atoms with Gasteiger partial charge in [0.15, 0.2) is 17.7 Å². The Labute approximate surface area is 128 Å². The molecule has 0 radical (unpaired) electrons. The van der Waals surface area contributed by atoms with Gasteiger partial charge in [-0.15, -0.1) is 0 Å². The second-order valence-corrected chi connectivity index (χ2v) is 5.38. The lowest BCUT2D eigenvalue weighted by Crippen LogP contribution is -2.29. The molecule has 4 atom stereocenters. The molecule has 2 rings (SSSR count). The minimum Gasteiger partial charge on any atom is -0.493 e. The molecule has 4 unspecified atom stereocenters. The number of halogens is 2. The van der Waals surface area contributed by atoms with Gasteiger partial charge in [-0.2, -0.15) is 4.39 Å². The lowest BCUT2D eigenvalue weighted by atomic mass is 9.82. The summed E-state index contributed by atoms with van der Waals surface area (Å²) in [7, 11) is 1.27. The van der Waals surface area contributed by atoms with Crippen LogP contribution in [0.15, 0.2) is 12.1 Å². The Bertz CT molecular complexity index is 561. The average molecular weight is 314 g/mol. The van der Waals surface area contributed by atoms with Gasteiger partial charge >= 0.3 is 5.97 Å². The van der Waals surface area contributed by atoms with Crippen LogP contribution in [-0.2, 0) is 14.3 Å². The molecule has 1 aromatic carbocycles. The average Bonchev–Trinajstić information content (AvgIpc) is 2.78. The Hall–Kier alpha value is -1.69. The van der Waals surface area contributed by atoms with Crippen LogP contribution < -0.4 is 4.74 Å². The van der Waals surface area contributed by atoms with Crippen LogP contribution in [0, 0.1) is 17.6 Å². The van der Waals surface area contributed by atoms with Gasteiger partial charge in [-0.25, -0.2) is 9.18 Å². The predicted octanol–water partition coefficient (Wildman–Crippen LogP) is 3.04. The minimum absolute atomic E-state index is 0.0758. The smallest absolute Gasteiger partial charge is 0.335 e. The fourth-order valence-electron chi connectivity index (χ4n) is 2.90. The molecule has 4 nitrogen and oxygen atoms in total. The zero-order chi connectivity index (χ0) is 16.4. The summed E-state index contributed by atoms with van der Waals surface area (Å²) in [4.78, 5) is 12.1. The number of hydrogen-bond acceptors (Lipinski definition) is 4. The van der Waals surface area contributed by atoms with Crippen molar-refractivity contribution in [3.63, 3.8) is 0 Å². The molecule has 1 aliphatic heterocycles. The predicted molar refractivity (Wildman–Crippen MR) is 75.8 cm³/mol. The van der Waals surface area contributed by atoms with E-state index >= 15 is 0 Å². The Morgan fingerprint density at radius 3 is 2.59 bits per heavy atom. The zero-order valence-electron chi connectivity index (χ0n) is 13.1. The second-order valence-electron chi connectivity index (χ2n) is 5.38. The monoisotopic (exact) mass is 314 g/mol. The first kappa shape index (κ1) is 16.7. The van der Waals surface area contributed by atoms with Crippen molar-refractivity contribution in [3.05, 3.63) is 29.3 Å². The third kappa shape index (κ3) is 2.79. The second kappa shape index (κ2) is 6.60. The first-order chi connectivity index (χ1) is 10.4. The highest BCUT2D eigenvalue weighted by Gasteiger charge is 2.46. The van der Waals surface area contributed by atoms with Crippen molar-refractivity contribution in [3.8, 4) is 5.75 Å². The molecule has 0 bridgehead atoms. The summed E-state index contributed by atoms with van der Waals surface area (Å²) < 4.78 is 43.1. The van der Waals surface area contributed by atoms with Gasteiger partial charge in [0.25, 0.3) is 0 Å². The summed E-state index contributed by atoms with van der Waals surface area (Å²) in [6.07, 6.45) is -1.07. The molecule has 6 heteroatoms. The maximum absolute atomic E-state index is 14.0. The molecule has 1 aromatic rings. The van der Waals surface area contributed by atoms with E-state index in [1.54, 1.807) is 6.92 Å². The van der Waals surface area contributed by atoms with E-state index in [0.717, 1.165) is 6.07 Å². The van der Waals surface area contributed by atoms with Gasteiger partial charge in [0.1, 0.15) is 0 Å². The van der Waals surface area contributed by atoms with Crippen molar-refractivity contribution in [2.45, 2.75) is 38.9 Å². The molecule has 1 heterocycles. The lowest BCUT2D eigenvalue weighted by Gasteiger charge is -2.22. The van der Waals surface area contributed by atoms with E-state index in [1.165, 1.54) is 13.2 Å². The molecule has 1 saturated heterocycles. The van der Waals surface area contributed by atoms with Gasteiger partial charge in [-0.3, -0.25) is 0 Å². The molecule has 1 aliphatic rings. The molecule has 0 aliphatic carbocycles. The van der Waals surface area contributed by atoms with Crippen LogP contribution in [-0.4, -0.2) is 31.9 Å². The van der Waals surface area contributed by atoms with Crippen LogP contribution in [0.5, 0.6) is 5.75 Å². The first-order valence-corrected chi connectivity index (χ1v) is 7.26. The van der Waals surface area contributed by atoms with Crippen molar-refractivity contribution < 1.29 is 27.8 Å². The molecular formula is C16H20F2O4. The maximum atomic E-state index is 14.0. The summed E-state index contributed by atoms with van der Waals surface area (Å²) in [6.45, 7) is 5.66. The van der Waals surface area contributed by atoms with Crippen LogP contribution in [0.3, 0.4) is 0 Å². The zero-order valence-corrected chi connectivity index (χ0v) is 13.1. The topological polar surface area (TPSA) is 44.8 Å². The quantitative estimate of drug-likeness (QED) is 0.801. The lowest BCUT2D eigenvalue weighted by molar-refractivity contribution is -0.156. The first-order valence-electron chi connectivity index (χ1n) is 7.26. The molecule has 122 valence electrons. The molecule has 22 heavy (non-hydrogen) atoms. The Morgan fingerprint density at radius 2 is 2.00 bits per heavy atom. The highest BCUT2D eigenvalue weighted by molar-refractivity contribution is 5.77. The van der Waals surface area contributed by atoms with Crippen LogP contribution in [0.1, 0.15) is 32.3 Å². The molecular weight excluding hydrogens is 294 g/mol. The number of methoxy groups -OCH3 is 1. The van der Waals surface area contributed by atoms with Crippen LogP contribution in [0.25, 0.3) is 0 Å². The molecule has 0 spiro atoms. The van der Waals surface area contributed by atoms with Gasteiger partial charge in [0.2, 0.25) is 5.82 Å². The third-order valence-electron chi connectivity index (χ3n) is 4.16. The minimum atomic E-state index is -1.06. The number of carbonyl (C=O) groups excluding carboxylic acids is 1. The molecule has 0 aromatic heterocycles. The van der Waals surface area contributed by atoms with Crippen molar-refractivity contribution in [2.75, 3.05) is 13.7 Å². The number of carbonyl (C=O) groups is 1. The SMILES string of the molecule is CCOC(=O)C1OC(C)C(C)C1c1ccc(F)c(F)c1OC. The van der Waals surface area contributed by atoms with Gasteiger partial charge in [0.05, 0.1) is 19.8 Å². The fourth-order valence-corrected chi connectivity index (χ4v) is 2.90. The van der Waals surface area contributed by atoms with E-state index in [-0.39, 0.29) is 24.4 Å². The van der Waals surface area contributed by atoms with E-state index in [1.807, 2.05) is 13.8 Å². The molecule has 0 amide bonds. The largest absolute Gasteiger partial charge is 0.493 e. The van der Waals surface area contributed by atoms with E-state index < -0.39 is 29.6 Å². The van der Waals surface area contributed by atoms with E-state index in [2.05, 4.69) is 0 Å². The van der Waals surface area contributed by atoms with Gasteiger partial charge in [-0.05, 0) is 25.8 Å². The summed E-state index contributed by atoms with van der Waals surface area (Å²) in [6, 6.07) is 2.47. The van der Waals surface area contributed by atoms with Crippen molar-refractivity contribution in [2.24, 2.45) is 5.92 Å². The van der Waals surface area contributed by atoms with Crippen LogP contribution in [0.2, 0.25) is 0 Å². The summed E-state index contributed by atoms with van der Waals surface area (Å²) >= 11 is 0. The van der Waals surface area contributed by atoms with Crippen LogP contribution in [0.4, 0.5) is 8.78 Å². The van der Waals surface area contributed by atoms with E-state index in [4.69, 9.17) is 14.2 Å². The fraction of sp³-hybridized carbons (Fsp3) is 0.562. The number of ether oxygens (including phenoxy) is 3. The number of rotatable bonds is 4. The maximum Gasteiger partial charge on any atom is 0.335 e. The molecule has 0 N–H and O–H groups in total. The highest BCUT2D eigenvalue weighted by Crippen LogP contribution is 2.44. The van der Waals surface area contributed by atoms with Gasteiger partial charge in [-0.1, -0.05) is 13.0 Å². The van der Waals surface area contributed by atoms with E-state index in [0.29, 0.717) is 5.56 Å². The van der Waals surface area contributed by atoms with Crippen molar-refractivity contribution >= 4 is 5.97 Å². The Kier molecular flexibility index (Phi) is 5.01. The normalized spacial score (nSPS) is 27.7. The standard InChI is InChI=1S/C16H20F2O4/c1-5-21-16(19)15-12(8(2)9(3)22-15)10-6-7-11(17)13(18)14(10)20-4/h6-9,12,15H,5H2,1-4H3. The summed E-state index contributed by atoms with van der Waals surface area (Å²) in [5.41, 5.74) is 0.413. The van der Waals surface area contributed by atoms with Crippen LogP contribution >= 0.6 is 0 Å². The van der Waals surface area contributed by atoms with Crippen molar-refractivity contribution in [1.82, 2.24) is 0 Å². The Balaban J connectivity index is 2.47. The number of benzene rings is 1. The molecule has 1 fully saturated rings. The summed E-state index contributed by atoms with van der Waals surface area (Å²) in [5, 5.41) is 0.